The van der Waals surface area contributed by atoms with Crippen LogP contribution in [0.4, 0.5) is 5.95 Å². The van der Waals surface area contributed by atoms with Crippen molar-refractivity contribution in [1.29, 1.82) is 0 Å². The summed E-state index contributed by atoms with van der Waals surface area (Å²) in [6.07, 6.45) is 5.32. The van der Waals surface area contributed by atoms with Gasteiger partial charge in [0.2, 0.25) is 11.9 Å². The Bertz CT molecular complexity index is 421. The molecule has 1 saturated heterocycles. The molecule has 18 heavy (non-hydrogen) atoms. The highest BCUT2D eigenvalue weighted by molar-refractivity contribution is 5.76. The molecule has 1 atom stereocenters. The van der Waals surface area contributed by atoms with E-state index < -0.39 is 0 Å². The Balaban J connectivity index is 2.04. The molecule has 1 aromatic rings. The third kappa shape index (κ3) is 2.97. The summed E-state index contributed by atoms with van der Waals surface area (Å²) in [5, 5.41) is 0. The molecule has 2 N–H and O–H groups in total. The van der Waals surface area contributed by atoms with E-state index in [0.717, 1.165) is 38.0 Å². The van der Waals surface area contributed by atoms with Gasteiger partial charge in [0, 0.05) is 31.6 Å². The lowest BCUT2D eigenvalue weighted by Crippen LogP contribution is -2.39. The Labute approximate surface area is 107 Å². The molecule has 0 saturated carbocycles. The van der Waals surface area contributed by atoms with Gasteiger partial charge in [0.15, 0.2) is 0 Å². The van der Waals surface area contributed by atoms with Gasteiger partial charge in [-0.2, -0.15) is 0 Å². The lowest BCUT2D eigenvalue weighted by Gasteiger charge is -2.32. The summed E-state index contributed by atoms with van der Waals surface area (Å²) in [4.78, 5) is 22.0. The number of nitrogens with two attached hydrogens (primary N) is 1. The van der Waals surface area contributed by atoms with Gasteiger partial charge in [0.1, 0.15) is 0 Å². The van der Waals surface area contributed by atoms with Crippen molar-refractivity contribution in [2.75, 3.05) is 18.8 Å². The first kappa shape index (κ1) is 12.8. The molecule has 0 aromatic carbocycles. The maximum Gasteiger partial charge on any atom is 0.222 e. The highest BCUT2D eigenvalue weighted by atomic mass is 16.2. The maximum absolute atomic E-state index is 11.9. The van der Waals surface area contributed by atoms with Crippen LogP contribution < -0.4 is 5.73 Å². The Hall–Kier alpha value is -1.65. The second kappa shape index (κ2) is 5.80. The Kier molecular flexibility index (Phi) is 4.12. The Morgan fingerprint density at radius 1 is 1.61 bits per heavy atom. The summed E-state index contributed by atoms with van der Waals surface area (Å²) < 4.78 is 0. The average Bonchev–Trinajstić information content (AvgIpc) is 2.39. The minimum Gasteiger partial charge on any atom is -0.368 e. The highest BCUT2D eigenvalue weighted by Crippen LogP contribution is 2.26. The molecular formula is C13H20N4O. The van der Waals surface area contributed by atoms with Gasteiger partial charge in [0.05, 0.1) is 5.69 Å². The topological polar surface area (TPSA) is 72.1 Å². The Morgan fingerprint density at radius 3 is 3.17 bits per heavy atom. The molecule has 98 valence electrons. The standard InChI is InChI=1S/C13H20N4O/c1-2-4-12(18)17-8-3-5-10(9-17)11-6-7-15-13(14)16-11/h6-7,10H,2-5,8-9H2,1H3,(H2,14,15,16)/t10-/m1/s1. The summed E-state index contributed by atoms with van der Waals surface area (Å²) in [5.74, 6) is 0.860. The fourth-order valence-corrected chi connectivity index (χ4v) is 2.43. The Morgan fingerprint density at radius 2 is 2.44 bits per heavy atom. The molecule has 5 nitrogen and oxygen atoms in total. The molecule has 1 aliphatic heterocycles. The summed E-state index contributed by atoms with van der Waals surface area (Å²) in [7, 11) is 0. The zero-order valence-electron chi connectivity index (χ0n) is 10.8. The number of nitrogens with zero attached hydrogens (tertiary/aromatic N) is 3. The molecule has 0 spiro atoms. The van der Waals surface area contributed by atoms with Gasteiger partial charge in [0.25, 0.3) is 0 Å². The third-order valence-electron chi connectivity index (χ3n) is 3.35. The SMILES string of the molecule is CCCC(=O)N1CCC[C@@H](c2ccnc(N)n2)C1. The van der Waals surface area contributed by atoms with Crippen molar-refractivity contribution < 1.29 is 4.79 Å². The smallest absolute Gasteiger partial charge is 0.222 e. The third-order valence-corrected chi connectivity index (χ3v) is 3.35. The van der Waals surface area contributed by atoms with Crippen LogP contribution >= 0.6 is 0 Å². The van der Waals surface area contributed by atoms with Gasteiger partial charge >= 0.3 is 0 Å². The van der Waals surface area contributed by atoms with Gasteiger partial charge in [-0.25, -0.2) is 9.97 Å². The lowest BCUT2D eigenvalue weighted by atomic mass is 9.94. The number of piperidine rings is 1. The maximum atomic E-state index is 11.9. The van der Waals surface area contributed by atoms with Crippen LogP contribution in [0.1, 0.15) is 44.2 Å². The van der Waals surface area contributed by atoms with Crippen molar-refractivity contribution >= 4 is 11.9 Å². The monoisotopic (exact) mass is 248 g/mol. The zero-order valence-corrected chi connectivity index (χ0v) is 10.8. The predicted octanol–water partition coefficient (Wildman–Crippen LogP) is 1.56. The van der Waals surface area contributed by atoms with Gasteiger partial charge < -0.3 is 10.6 Å². The van der Waals surface area contributed by atoms with Gasteiger partial charge in [-0.3, -0.25) is 4.79 Å². The van der Waals surface area contributed by atoms with Crippen LogP contribution in [0, 0.1) is 0 Å². The normalized spacial score (nSPS) is 19.8. The number of likely N-dealkylation sites (tertiary alicyclic amines) is 1. The van der Waals surface area contributed by atoms with Crippen LogP contribution in [0.15, 0.2) is 12.3 Å². The first-order chi connectivity index (χ1) is 8.70. The molecule has 1 amide bonds. The quantitative estimate of drug-likeness (QED) is 0.881. The van der Waals surface area contributed by atoms with Crippen LogP contribution in [0.2, 0.25) is 0 Å². The van der Waals surface area contributed by atoms with Gasteiger partial charge in [-0.05, 0) is 25.3 Å². The number of rotatable bonds is 3. The van der Waals surface area contributed by atoms with E-state index in [1.807, 2.05) is 17.9 Å². The van der Waals surface area contributed by atoms with E-state index in [9.17, 15) is 4.79 Å². The van der Waals surface area contributed by atoms with Crippen molar-refractivity contribution in [3.63, 3.8) is 0 Å². The first-order valence-corrected chi connectivity index (χ1v) is 6.57. The van der Waals surface area contributed by atoms with Crippen molar-refractivity contribution in [3.8, 4) is 0 Å². The summed E-state index contributed by atoms with van der Waals surface area (Å²) >= 11 is 0. The van der Waals surface area contributed by atoms with Crippen LogP contribution in [0.5, 0.6) is 0 Å². The minimum atomic E-state index is 0.254. The molecular weight excluding hydrogens is 228 g/mol. The van der Waals surface area contributed by atoms with Crippen LogP contribution in [-0.4, -0.2) is 33.9 Å². The number of hydrogen-bond donors (Lipinski definition) is 1. The molecule has 2 heterocycles. The molecule has 2 rings (SSSR count). The molecule has 0 bridgehead atoms. The highest BCUT2D eigenvalue weighted by Gasteiger charge is 2.25. The second-order valence-corrected chi connectivity index (χ2v) is 4.77. The largest absolute Gasteiger partial charge is 0.368 e. The summed E-state index contributed by atoms with van der Waals surface area (Å²) in [6, 6.07) is 1.90. The van der Waals surface area contributed by atoms with Crippen molar-refractivity contribution in [2.45, 2.75) is 38.5 Å². The molecule has 1 fully saturated rings. The van der Waals surface area contributed by atoms with Gasteiger partial charge in [-0.1, -0.05) is 6.92 Å². The van der Waals surface area contributed by atoms with Crippen molar-refractivity contribution in [1.82, 2.24) is 14.9 Å². The number of hydrogen-bond acceptors (Lipinski definition) is 4. The molecule has 0 radical (unpaired) electrons. The zero-order chi connectivity index (χ0) is 13.0. The molecule has 0 unspecified atom stereocenters. The van der Waals surface area contributed by atoms with Crippen molar-refractivity contribution in [3.05, 3.63) is 18.0 Å². The van der Waals surface area contributed by atoms with E-state index in [1.165, 1.54) is 0 Å². The van der Waals surface area contributed by atoms with Crippen LogP contribution in [0.25, 0.3) is 0 Å². The summed E-state index contributed by atoms with van der Waals surface area (Å²) in [6.45, 7) is 3.66. The second-order valence-electron chi connectivity index (χ2n) is 4.77. The van der Waals surface area contributed by atoms with Crippen LogP contribution in [-0.2, 0) is 4.79 Å². The van der Waals surface area contributed by atoms with E-state index in [0.29, 0.717) is 18.3 Å². The molecule has 1 aliphatic rings. The number of aromatic nitrogens is 2. The number of amides is 1. The summed E-state index contributed by atoms with van der Waals surface area (Å²) in [5.41, 5.74) is 6.56. The van der Waals surface area contributed by atoms with E-state index in [1.54, 1.807) is 6.20 Å². The van der Waals surface area contributed by atoms with E-state index in [-0.39, 0.29) is 5.91 Å². The van der Waals surface area contributed by atoms with Crippen LogP contribution in [0.3, 0.4) is 0 Å². The number of carbonyl (C=O) groups excluding carboxylic acids is 1. The van der Waals surface area contributed by atoms with E-state index in [4.69, 9.17) is 5.73 Å². The first-order valence-electron chi connectivity index (χ1n) is 6.57. The average molecular weight is 248 g/mol. The van der Waals surface area contributed by atoms with E-state index in [2.05, 4.69) is 9.97 Å². The molecule has 0 aliphatic carbocycles. The van der Waals surface area contributed by atoms with E-state index >= 15 is 0 Å². The number of nitrogen functional groups attached to an aromatic ring is 1. The molecule has 5 heteroatoms. The molecule has 1 aromatic heterocycles. The van der Waals surface area contributed by atoms with Gasteiger partial charge in [-0.15, -0.1) is 0 Å². The minimum absolute atomic E-state index is 0.254. The fraction of sp³-hybridized carbons (Fsp3) is 0.615. The van der Waals surface area contributed by atoms with Crippen molar-refractivity contribution in [2.24, 2.45) is 0 Å². The number of carbonyl (C=O) groups is 1. The number of anilines is 1. The lowest BCUT2D eigenvalue weighted by molar-refractivity contribution is -0.132. The fourth-order valence-electron chi connectivity index (χ4n) is 2.43. The predicted molar refractivity (Wildman–Crippen MR) is 69.9 cm³/mol.